The molecule has 0 unspecified atom stereocenters. The van der Waals surface area contributed by atoms with Gasteiger partial charge in [0.1, 0.15) is 0 Å². The number of esters is 1. The Balaban J connectivity index is 1.69. The summed E-state index contributed by atoms with van der Waals surface area (Å²) >= 11 is 1.19. The topological polar surface area (TPSA) is 103 Å². The molecule has 0 aliphatic rings. The number of carbonyl (C=O) groups is 2. The molecule has 8 nitrogen and oxygen atoms in total. The van der Waals surface area contributed by atoms with Crippen molar-refractivity contribution in [3.63, 3.8) is 0 Å². The number of thiazole rings is 1. The van der Waals surface area contributed by atoms with Crippen molar-refractivity contribution in [1.82, 2.24) is 14.8 Å². The second-order valence-corrected chi connectivity index (χ2v) is 7.81. The zero-order valence-electron chi connectivity index (χ0n) is 16.8. The van der Waals surface area contributed by atoms with E-state index in [1.165, 1.54) is 25.5 Å². The second kappa shape index (κ2) is 8.49. The fraction of sp³-hybridized carbons (Fsp3) is 0.136. The normalized spacial score (nSPS) is 10.8. The van der Waals surface area contributed by atoms with Crippen molar-refractivity contribution < 1.29 is 14.3 Å². The van der Waals surface area contributed by atoms with Gasteiger partial charge in [-0.15, -0.1) is 11.3 Å². The minimum Gasteiger partial charge on any atom is -0.464 e. The van der Waals surface area contributed by atoms with Gasteiger partial charge in [-0.2, -0.15) is 5.10 Å². The van der Waals surface area contributed by atoms with E-state index in [-0.39, 0.29) is 22.1 Å². The summed E-state index contributed by atoms with van der Waals surface area (Å²) in [6, 6.07) is 16.4. The number of nitrogens with one attached hydrogen (secondary N) is 1. The lowest BCUT2D eigenvalue weighted by Crippen LogP contribution is -2.25. The average Bonchev–Trinajstić information content (AvgIpc) is 3.18. The first-order valence-corrected chi connectivity index (χ1v) is 10.2. The number of hydrogen-bond donors (Lipinski definition) is 1. The molecule has 4 aromatic rings. The Morgan fingerprint density at radius 1 is 1.03 bits per heavy atom. The SMILES string of the molecule is COC(=O)c1nc(NC(=O)c2nn(C)c(=O)c3ccccc23)sc1Cc1ccccc1. The molecule has 0 atom stereocenters. The number of aromatic nitrogens is 3. The molecule has 0 fully saturated rings. The Hall–Kier alpha value is -3.85. The fourth-order valence-electron chi connectivity index (χ4n) is 3.19. The molecule has 0 aliphatic carbocycles. The van der Waals surface area contributed by atoms with Gasteiger partial charge in [-0.25, -0.2) is 14.5 Å². The summed E-state index contributed by atoms with van der Waals surface area (Å²) in [6.07, 6.45) is 0.472. The van der Waals surface area contributed by atoms with Crippen molar-refractivity contribution in [2.45, 2.75) is 6.42 Å². The lowest BCUT2D eigenvalue weighted by atomic mass is 10.1. The number of nitrogens with zero attached hydrogens (tertiary/aromatic N) is 3. The number of ether oxygens (including phenoxy) is 1. The van der Waals surface area contributed by atoms with Gasteiger partial charge in [0.2, 0.25) is 0 Å². The van der Waals surface area contributed by atoms with Crippen molar-refractivity contribution in [3.8, 4) is 0 Å². The van der Waals surface area contributed by atoms with Crippen LogP contribution in [0.4, 0.5) is 5.13 Å². The summed E-state index contributed by atoms with van der Waals surface area (Å²) < 4.78 is 5.97. The largest absolute Gasteiger partial charge is 0.464 e. The highest BCUT2D eigenvalue weighted by molar-refractivity contribution is 7.16. The fourth-order valence-corrected chi connectivity index (χ4v) is 4.16. The van der Waals surface area contributed by atoms with Crippen LogP contribution in [0.1, 0.15) is 31.4 Å². The predicted octanol–water partition coefficient (Wildman–Crippen LogP) is 3.02. The Morgan fingerprint density at radius 3 is 2.42 bits per heavy atom. The molecule has 31 heavy (non-hydrogen) atoms. The van der Waals surface area contributed by atoms with Crippen LogP contribution >= 0.6 is 11.3 Å². The Morgan fingerprint density at radius 2 is 1.71 bits per heavy atom. The maximum absolute atomic E-state index is 13.0. The third-order valence-electron chi connectivity index (χ3n) is 4.68. The van der Waals surface area contributed by atoms with Crippen LogP contribution in [0.3, 0.4) is 0 Å². The van der Waals surface area contributed by atoms with Gasteiger partial charge < -0.3 is 4.74 Å². The summed E-state index contributed by atoms with van der Waals surface area (Å²) in [6.45, 7) is 0. The van der Waals surface area contributed by atoms with E-state index in [1.807, 2.05) is 30.3 Å². The zero-order chi connectivity index (χ0) is 22.0. The molecule has 1 N–H and O–H groups in total. The van der Waals surface area contributed by atoms with Crippen LogP contribution in [-0.4, -0.2) is 33.8 Å². The van der Waals surface area contributed by atoms with Crippen LogP contribution in [0.25, 0.3) is 10.8 Å². The van der Waals surface area contributed by atoms with E-state index in [0.29, 0.717) is 22.1 Å². The smallest absolute Gasteiger partial charge is 0.357 e. The van der Waals surface area contributed by atoms with Crippen molar-refractivity contribution in [1.29, 1.82) is 0 Å². The van der Waals surface area contributed by atoms with E-state index in [4.69, 9.17) is 4.74 Å². The lowest BCUT2D eigenvalue weighted by molar-refractivity contribution is 0.0593. The lowest BCUT2D eigenvalue weighted by Gasteiger charge is -2.07. The number of anilines is 1. The molecule has 1 amide bonds. The number of amides is 1. The number of benzene rings is 2. The molecule has 2 aromatic heterocycles. The van der Waals surface area contributed by atoms with E-state index < -0.39 is 11.9 Å². The van der Waals surface area contributed by atoms with Gasteiger partial charge in [0, 0.05) is 23.7 Å². The van der Waals surface area contributed by atoms with Gasteiger partial charge in [-0.3, -0.25) is 14.9 Å². The Labute approximate surface area is 181 Å². The molecule has 0 aliphatic heterocycles. The van der Waals surface area contributed by atoms with Crippen molar-refractivity contribution >= 4 is 39.1 Å². The quantitative estimate of drug-likeness (QED) is 0.485. The first-order chi connectivity index (χ1) is 15.0. The highest BCUT2D eigenvalue weighted by atomic mass is 32.1. The maximum Gasteiger partial charge on any atom is 0.357 e. The van der Waals surface area contributed by atoms with Crippen molar-refractivity contribution in [2.24, 2.45) is 7.05 Å². The number of hydrogen-bond acceptors (Lipinski definition) is 7. The van der Waals surface area contributed by atoms with Crippen LogP contribution in [-0.2, 0) is 18.2 Å². The third kappa shape index (κ3) is 4.08. The molecule has 2 aromatic carbocycles. The summed E-state index contributed by atoms with van der Waals surface area (Å²) in [5, 5.41) is 7.91. The highest BCUT2D eigenvalue weighted by Gasteiger charge is 2.22. The monoisotopic (exact) mass is 434 g/mol. The van der Waals surface area contributed by atoms with Crippen LogP contribution in [0, 0.1) is 0 Å². The van der Waals surface area contributed by atoms with Crippen LogP contribution in [0.15, 0.2) is 59.4 Å². The molecule has 0 spiro atoms. The van der Waals surface area contributed by atoms with Crippen LogP contribution < -0.4 is 10.9 Å². The van der Waals surface area contributed by atoms with E-state index in [0.717, 1.165) is 10.2 Å². The first kappa shape index (κ1) is 20.4. The third-order valence-corrected chi connectivity index (χ3v) is 5.65. The minimum atomic E-state index is -0.576. The van der Waals surface area contributed by atoms with E-state index in [1.54, 1.807) is 24.3 Å². The predicted molar refractivity (Wildman–Crippen MR) is 118 cm³/mol. The van der Waals surface area contributed by atoms with Gasteiger partial charge in [0.25, 0.3) is 11.5 Å². The number of rotatable bonds is 5. The zero-order valence-corrected chi connectivity index (χ0v) is 17.6. The molecule has 4 rings (SSSR count). The Bertz CT molecular complexity index is 1340. The van der Waals surface area contributed by atoms with Gasteiger partial charge >= 0.3 is 5.97 Å². The van der Waals surface area contributed by atoms with Gasteiger partial charge in [-0.1, -0.05) is 48.5 Å². The first-order valence-electron chi connectivity index (χ1n) is 9.37. The van der Waals surface area contributed by atoms with Crippen molar-refractivity contribution in [2.75, 3.05) is 12.4 Å². The summed E-state index contributed by atoms with van der Waals surface area (Å²) in [5.74, 6) is -1.10. The minimum absolute atomic E-state index is 0.0946. The van der Waals surface area contributed by atoms with Gasteiger partial charge in [0.05, 0.1) is 12.5 Å². The summed E-state index contributed by atoms with van der Waals surface area (Å²) in [5.41, 5.74) is 0.960. The molecule has 9 heteroatoms. The van der Waals surface area contributed by atoms with Gasteiger partial charge in [0.15, 0.2) is 16.5 Å². The highest BCUT2D eigenvalue weighted by Crippen LogP contribution is 2.27. The van der Waals surface area contributed by atoms with E-state index in [2.05, 4.69) is 15.4 Å². The molecule has 0 saturated carbocycles. The average molecular weight is 434 g/mol. The van der Waals surface area contributed by atoms with E-state index in [9.17, 15) is 14.4 Å². The van der Waals surface area contributed by atoms with E-state index >= 15 is 0 Å². The molecule has 156 valence electrons. The molecule has 0 bridgehead atoms. The summed E-state index contributed by atoms with van der Waals surface area (Å²) in [4.78, 5) is 42.4. The van der Waals surface area contributed by atoms with Crippen molar-refractivity contribution in [3.05, 3.63) is 86.8 Å². The molecule has 0 radical (unpaired) electrons. The number of fused-ring (bicyclic) bond motifs is 1. The van der Waals surface area contributed by atoms with Crippen LogP contribution in [0.5, 0.6) is 0 Å². The standard InChI is InChI=1S/C22H18N4O4S/c1-26-20(28)15-11-7-6-10-14(15)17(25-26)19(27)24-22-23-18(21(29)30-2)16(31-22)12-13-8-4-3-5-9-13/h3-11H,12H2,1-2H3,(H,23,24,27). The maximum atomic E-state index is 13.0. The summed E-state index contributed by atoms with van der Waals surface area (Å²) in [7, 11) is 2.77. The molecule has 2 heterocycles. The molecular weight excluding hydrogens is 416 g/mol. The number of aryl methyl sites for hydroxylation is 1. The number of methoxy groups -OCH3 is 1. The van der Waals surface area contributed by atoms with Gasteiger partial charge in [-0.05, 0) is 11.6 Å². The molecule has 0 saturated heterocycles. The number of carbonyl (C=O) groups excluding carboxylic acids is 2. The Kier molecular flexibility index (Phi) is 5.59. The second-order valence-electron chi connectivity index (χ2n) is 6.72. The van der Waals surface area contributed by atoms with Crippen LogP contribution in [0.2, 0.25) is 0 Å². The molecular formula is C22H18N4O4S.